The van der Waals surface area contributed by atoms with Crippen LogP contribution in [-0.4, -0.2) is 24.9 Å². The van der Waals surface area contributed by atoms with Crippen LogP contribution in [0.1, 0.15) is 181 Å². The van der Waals surface area contributed by atoms with Crippen molar-refractivity contribution in [1.82, 2.24) is 19.9 Å². The SMILES string of the molecule is CC(C)(C)c1cc(-c2c3nc(c(-c4ccc(Br)cc4)c4nc(c(-c5cc(C(C)(C)C)cc(C(C)(C)C)c5)c5[nH]c(cc5[N+](=O)[O-])c(-c5cc(C(C)(C)C)cc(C(C)(C)C)c5)c5ccc2[nH]5)C=C4)C=C3)cc(C(C)(C)C)c1. The Kier molecular flexibility index (Phi) is 13.4. The van der Waals surface area contributed by atoms with Crippen molar-refractivity contribution in [3.8, 4) is 44.5 Å². The number of nitrogens with zero attached hydrogens (tertiary/aromatic N) is 3. The number of H-pyrrole nitrogens is 2. The maximum atomic E-state index is 13.9. The Labute approximate surface area is 459 Å². The van der Waals surface area contributed by atoms with Crippen molar-refractivity contribution in [2.75, 3.05) is 0 Å². The number of hydrogen-bond acceptors (Lipinski definition) is 4. The first kappa shape index (κ1) is 54.2. The topological polar surface area (TPSA) is 100 Å². The molecule has 2 aliphatic rings. The Bertz CT molecular complexity index is 3630. The van der Waals surface area contributed by atoms with E-state index < -0.39 is 0 Å². The van der Waals surface area contributed by atoms with E-state index in [2.05, 4.69) is 242 Å². The molecule has 5 heterocycles. The third-order valence-electron chi connectivity index (χ3n) is 15.0. The summed E-state index contributed by atoms with van der Waals surface area (Å²) in [6.07, 6.45) is 8.31. The van der Waals surface area contributed by atoms with Crippen LogP contribution < -0.4 is 0 Å². The van der Waals surface area contributed by atoms with E-state index in [1.807, 2.05) is 24.3 Å². The second-order valence-corrected chi connectivity index (χ2v) is 28.2. The first-order valence-corrected chi connectivity index (χ1v) is 27.5. The fourth-order valence-electron chi connectivity index (χ4n) is 10.2. The zero-order valence-corrected chi connectivity index (χ0v) is 49.7. The summed E-state index contributed by atoms with van der Waals surface area (Å²) < 4.78 is 0.957. The lowest BCUT2D eigenvalue weighted by Crippen LogP contribution is -2.16. The lowest BCUT2D eigenvalue weighted by molar-refractivity contribution is -0.382. The summed E-state index contributed by atoms with van der Waals surface area (Å²) in [5.74, 6) is 0. The van der Waals surface area contributed by atoms with Gasteiger partial charge in [0.25, 0.3) is 5.69 Å². The number of nitro groups is 1. The number of nitrogens with one attached hydrogen (secondary N) is 2. The molecular formula is C68H76BrN5O2. The minimum absolute atomic E-state index is 0.0374. The summed E-state index contributed by atoms with van der Waals surface area (Å²) in [6, 6.07) is 34.9. The average molecular weight is 1080 g/mol. The van der Waals surface area contributed by atoms with Crippen LogP contribution in [0.15, 0.2) is 102 Å². The number of hydrogen-bond donors (Lipinski definition) is 2. The fraction of sp³-hybridized carbons (Fsp3) is 0.353. The molecule has 0 aliphatic carbocycles. The molecule has 76 heavy (non-hydrogen) atoms. The standard InChI is InChI=1S/C68H76BrN5O2/c1-63(2,3)43-29-40(30-44(35-43)64(4,5)6)59-52-24-23-50(70-52)58(39-19-21-49(69)22-20-39)51-27-28-55(72-51)61(42-33-47(67(13,14)15)37-48(34-42)68(16,17)18)62-57(74(75)76)38-56(73-62)60(54-26-25-53(59)71-54)41-31-45(65(7,8)9)36-46(32-41)66(10,11)12/h19-38,71,73H,1-18H3. The fourth-order valence-corrected chi connectivity index (χ4v) is 10.4. The molecule has 0 saturated carbocycles. The molecule has 0 fully saturated rings. The Morgan fingerprint density at radius 1 is 0.382 bits per heavy atom. The smallest absolute Gasteiger partial charge is 0.295 e. The van der Waals surface area contributed by atoms with Crippen molar-refractivity contribution in [2.24, 2.45) is 0 Å². The predicted molar refractivity (Wildman–Crippen MR) is 327 cm³/mol. The van der Waals surface area contributed by atoms with E-state index in [0.717, 1.165) is 77.0 Å². The van der Waals surface area contributed by atoms with Gasteiger partial charge in [-0.2, -0.15) is 0 Å². The number of halogens is 1. The normalized spacial score (nSPS) is 13.5. The van der Waals surface area contributed by atoms with E-state index in [1.165, 1.54) is 22.3 Å². The van der Waals surface area contributed by atoms with E-state index in [0.29, 0.717) is 28.0 Å². The summed E-state index contributed by atoms with van der Waals surface area (Å²) in [7, 11) is 0. The van der Waals surface area contributed by atoms with Crippen molar-refractivity contribution in [3.63, 3.8) is 0 Å². The minimum atomic E-state index is -0.245. The number of aromatic amines is 2. The molecule has 392 valence electrons. The van der Waals surface area contributed by atoms with E-state index in [9.17, 15) is 10.1 Å². The molecule has 7 nitrogen and oxygen atoms in total. The molecule has 2 aliphatic heterocycles. The number of benzene rings is 4. The minimum Gasteiger partial charge on any atom is -0.354 e. The second-order valence-electron chi connectivity index (χ2n) is 27.3. The van der Waals surface area contributed by atoms with Crippen molar-refractivity contribution in [1.29, 1.82) is 0 Å². The van der Waals surface area contributed by atoms with Crippen LogP contribution in [0.25, 0.3) is 90.9 Å². The van der Waals surface area contributed by atoms with Crippen molar-refractivity contribution >= 4 is 68.0 Å². The highest BCUT2D eigenvalue weighted by Gasteiger charge is 2.30. The molecule has 9 rings (SSSR count). The van der Waals surface area contributed by atoms with E-state index in [-0.39, 0.29) is 43.1 Å². The zero-order valence-electron chi connectivity index (χ0n) is 48.1. The van der Waals surface area contributed by atoms with Crippen molar-refractivity contribution < 1.29 is 4.92 Å². The Morgan fingerprint density at radius 3 is 1.08 bits per heavy atom. The van der Waals surface area contributed by atoms with E-state index >= 15 is 0 Å². The predicted octanol–water partition coefficient (Wildman–Crippen LogP) is 19.8. The maximum absolute atomic E-state index is 13.9. The Morgan fingerprint density at radius 2 is 0.711 bits per heavy atom. The van der Waals surface area contributed by atoms with Gasteiger partial charge in [0.2, 0.25) is 0 Å². The first-order chi connectivity index (χ1) is 35.1. The molecule has 7 aromatic rings. The number of rotatable bonds is 5. The molecule has 8 bridgehead atoms. The quantitative estimate of drug-likeness (QED) is 0.132. The lowest BCUT2D eigenvalue weighted by atomic mass is 9.78. The van der Waals surface area contributed by atoms with Crippen LogP contribution in [0.5, 0.6) is 0 Å². The molecule has 0 unspecified atom stereocenters. The monoisotopic (exact) mass is 1070 g/mol. The van der Waals surface area contributed by atoms with Gasteiger partial charge in [0.1, 0.15) is 5.52 Å². The van der Waals surface area contributed by atoms with Crippen LogP contribution >= 0.6 is 15.9 Å². The van der Waals surface area contributed by atoms with Gasteiger partial charge in [0.05, 0.1) is 33.2 Å². The summed E-state index contributed by atoms with van der Waals surface area (Å²) in [5.41, 5.74) is 18.5. The molecular weight excluding hydrogens is 999 g/mol. The van der Waals surface area contributed by atoms with Gasteiger partial charge in [-0.05, 0) is 137 Å². The average Bonchev–Trinajstić information content (AvgIpc) is 4.15. The van der Waals surface area contributed by atoms with Crippen LogP contribution in [0, 0.1) is 10.1 Å². The van der Waals surface area contributed by atoms with Gasteiger partial charge in [-0.15, -0.1) is 0 Å². The van der Waals surface area contributed by atoms with Gasteiger partial charge in [0.15, 0.2) is 0 Å². The lowest BCUT2D eigenvalue weighted by Gasteiger charge is -2.26. The van der Waals surface area contributed by atoms with Crippen LogP contribution in [0.3, 0.4) is 0 Å². The molecule has 0 saturated heterocycles. The van der Waals surface area contributed by atoms with Gasteiger partial charge in [-0.25, -0.2) is 9.97 Å². The van der Waals surface area contributed by atoms with Crippen molar-refractivity contribution in [2.45, 2.75) is 157 Å². The highest BCUT2D eigenvalue weighted by molar-refractivity contribution is 9.10. The second kappa shape index (κ2) is 18.8. The highest BCUT2D eigenvalue weighted by Crippen LogP contribution is 2.45. The largest absolute Gasteiger partial charge is 0.354 e. The third kappa shape index (κ3) is 10.7. The Balaban J connectivity index is 1.58. The number of aromatic nitrogens is 4. The number of fused-ring (bicyclic) bond motifs is 8. The molecule has 0 atom stereocenters. The molecule has 0 radical (unpaired) electrons. The Hall–Kier alpha value is -6.64. The summed E-state index contributed by atoms with van der Waals surface area (Å²) in [6.45, 7) is 40.4. The van der Waals surface area contributed by atoms with E-state index in [4.69, 9.17) is 9.97 Å². The molecule has 0 amide bonds. The third-order valence-corrected chi connectivity index (χ3v) is 15.6. The maximum Gasteiger partial charge on any atom is 0.295 e. The summed E-state index contributed by atoms with van der Waals surface area (Å²) in [4.78, 5) is 32.7. The van der Waals surface area contributed by atoms with E-state index in [1.54, 1.807) is 6.07 Å². The van der Waals surface area contributed by atoms with Gasteiger partial charge in [-0.3, -0.25) is 10.1 Å². The molecule has 3 aromatic heterocycles. The van der Waals surface area contributed by atoms with Gasteiger partial charge >= 0.3 is 0 Å². The molecule has 8 heteroatoms. The highest BCUT2D eigenvalue weighted by atomic mass is 79.9. The van der Waals surface area contributed by atoms with Gasteiger partial charge in [-0.1, -0.05) is 207 Å². The summed E-state index contributed by atoms with van der Waals surface area (Å²) >= 11 is 3.69. The van der Waals surface area contributed by atoms with Crippen LogP contribution in [-0.2, 0) is 32.5 Å². The van der Waals surface area contributed by atoms with Gasteiger partial charge in [0, 0.05) is 43.8 Å². The van der Waals surface area contributed by atoms with Crippen LogP contribution in [0.4, 0.5) is 5.69 Å². The molecule has 4 aromatic carbocycles. The van der Waals surface area contributed by atoms with Crippen molar-refractivity contribution in [3.05, 3.63) is 168 Å². The zero-order chi connectivity index (χ0) is 55.4. The van der Waals surface area contributed by atoms with Gasteiger partial charge < -0.3 is 9.97 Å². The summed E-state index contributed by atoms with van der Waals surface area (Å²) in [5, 5.41) is 13.9. The molecule has 0 spiro atoms. The molecule has 2 N–H and O–H groups in total. The first-order valence-electron chi connectivity index (χ1n) is 26.7. The van der Waals surface area contributed by atoms with Crippen LogP contribution in [0.2, 0.25) is 0 Å².